The second-order valence-electron chi connectivity index (χ2n) is 7.06. The number of hydrogen-bond donors (Lipinski definition) is 1. The molecule has 0 atom stereocenters. The van der Waals surface area contributed by atoms with Crippen LogP contribution in [0.4, 0.5) is 5.13 Å². The van der Waals surface area contributed by atoms with Crippen molar-refractivity contribution in [3.05, 3.63) is 0 Å². The molecule has 0 radical (unpaired) electrons. The standard InChI is InChI=1S/C16H26N6O4S3/c1-17-13(23)11-27-16-19-18-15(28-16)21-9-7-20(8-10-21)14(24)12-3-5-22(6-4-12)29(2,25)26/h12H,3-11H2,1-2H3,(H,17,23). The van der Waals surface area contributed by atoms with Crippen LogP contribution < -0.4 is 10.2 Å². The molecule has 1 N–H and O–H groups in total. The maximum Gasteiger partial charge on any atom is 0.230 e. The largest absolute Gasteiger partial charge is 0.358 e. The van der Waals surface area contributed by atoms with Crippen LogP contribution in [0.1, 0.15) is 12.8 Å². The van der Waals surface area contributed by atoms with Crippen LogP contribution in [0.3, 0.4) is 0 Å². The number of thioether (sulfide) groups is 1. The van der Waals surface area contributed by atoms with Gasteiger partial charge in [-0.3, -0.25) is 9.59 Å². The smallest absolute Gasteiger partial charge is 0.230 e. The van der Waals surface area contributed by atoms with E-state index in [4.69, 9.17) is 0 Å². The number of anilines is 1. The Hall–Kier alpha value is -1.44. The van der Waals surface area contributed by atoms with Gasteiger partial charge in [-0.1, -0.05) is 23.1 Å². The quantitative estimate of drug-likeness (QED) is 0.573. The van der Waals surface area contributed by atoms with Gasteiger partial charge >= 0.3 is 0 Å². The van der Waals surface area contributed by atoms with E-state index in [1.807, 2.05) is 4.90 Å². The third-order valence-corrected chi connectivity index (χ3v) is 8.56. The molecule has 29 heavy (non-hydrogen) atoms. The fourth-order valence-electron chi connectivity index (χ4n) is 3.40. The molecule has 0 aliphatic carbocycles. The molecule has 2 saturated heterocycles. The summed E-state index contributed by atoms with van der Waals surface area (Å²) in [5.74, 6) is 0.276. The van der Waals surface area contributed by atoms with Gasteiger partial charge in [0, 0.05) is 52.2 Å². The molecule has 10 nitrogen and oxygen atoms in total. The molecule has 1 aromatic heterocycles. The zero-order valence-corrected chi connectivity index (χ0v) is 19.0. The third-order valence-electron chi connectivity index (χ3n) is 5.14. The van der Waals surface area contributed by atoms with Crippen LogP contribution in [0.2, 0.25) is 0 Å². The molecule has 0 saturated carbocycles. The Morgan fingerprint density at radius 1 is 1.14 bits per heavy atom. The fourth-order valence-corrected chi connectivity index (χ4v) is 6.04. The van der Waals surface area contributed by atoms with Gasteiger partial charge in [-0.15, -0.1) is 10.2 Å². The summed E-state index contributed by atoms with van der Waals surface area (Å²) in [5.41, 5.74) is 0. The number of rotatable bonds is 6. The zero-order chi connectivity index (χ0) is 21.0. The Morgan fingerprint density at radius 2 is 1.79 bits per heavy atom. The Bertz CT molecular complexity index is 829. The van der Waals surface area contributed by atoms with Gasteiger partial charge in [0.2, 0.25) is 27.0 Å². The Morgan fingerprint density at radius 3 is 2.38 bits per heavy atom. The summed E-state index contributed by atoms with van der Waals surface area (Å²) in [4.78, 5) is 28.1. The van der Waals surface area contributed by atoms with Crippen molar-refractivity contribution in [1.29, 1.82) is 0 Å². The minimum absolute atomic E-state index is 0.0544. The minimum Gasteiger partial charge on any atom is -0.358 e. The predicted molar refractivity (Wildman–Crippen MR) is 113 cm³/mol. The highest BCUT2D eigenvalue weighted by atomic mass is 32.2. The van der Waals surface area contributed by atoms with E-state index in [1.165, 1.54) is 33.7 Å². The second kappa shape index (κ2) is 9.58. The first-order valence-corrected chi connectivity index (χ1v) is 13.1. The molecular formula is C16H26N6O4S3. The van der Waals surface area contributed by atoms with Crippen LogP contribution in [0.5, 0.6) is 0 Å². The van der Waals surface area contributed by atoms with Crippen molar-refractivity contribution >= 4 is 50.1 Å². The van der Waals surface area contributed by atoms with Crippen LogP contribution >= 0.6 is 23.1 Å². The van der Waals surface area contributed by atoms with E-state index in [-0.39, 0.29) is 17.7 Å². The molecule has 0 unspecified atom stereocenters. The Balaban J connectivity index is 1.46. The van der Waals surface area contributed by atoms with E-state index < -0.39 is 10.0 Å². The zero-order valence-electron chi connectivity index (χ0n) is 16.5. The molecule has 3 heterocycles. The van der Waals surface area contributed by atoms with Crippen LogP contribution in [-0.4, -0.2) is 98.0 Å². The molecule has 0 aromatic carbocycles. The van der Waals surface area contributed by atoms with Gasteiger partial charge in [0.25, 0.3) is 0 Å². The van der Waals surface area contributed by atoms with Crippen molar-refractivity contribution in [2.75, 3.05) is 63.2 Å². The Labute approximate surface area is 179 Å². The van der Waals surface area contributed by atoms with Gasteiger partial charge in [-0.2, -0.15) is 0 Å². The number of amides is 2. The maximum absolute atomic E-state index is 12.8. The van der Waals surface area contributed by atoms with E-state index in [0.29, 0.717) is 57.9 Å². The van der Waals surface area contributed by atoms with Crippen molar-refractivity contribution in [1.82, 2.24) is 24.7 Å². The number of nitrogens with zero attached hydrogens (tertiary/aromatic N) is 5. The summed E-state index contributed by atoms with van der Waals surface area (Å²) < 4.78 is 25.4. The topological polar surface area (TPSA) is 116 Å². The fraction of sp³-hybridized carbons (Fsp3) is 0.750. The van der Waals surface area contributed by atoms with Crippen molar-refractivity contribution in [2.24, 2.45) is 5.92 Å². The van der Waals surface area contributed by atoms with E-state index >= 15 is 0 Å². The van der Waals surface area contributed by atoms with E-state index in [1.54, 1.807) is 7.05 Å². The summed E-state index contributed by atoms with van der Waals surface area (Å²) >= 11 is 2.81. The van der Waals surface area contributed by atoms with Crippen LogP contribution in [0.25, 0.3) is 0 Å². The van der Waals surface area contributed by atoms with E-state index in [0.717, 1.165) is 9.47 Å². The Kier molecular flexibility index (Phi) is 7.35. The van der Waals surface area contributed by atoms with Gasteiger partial charge in [-0.05, 0) is 12.8 Å². The lowest BCUT2D eigenvalue weighted by Crippen LogP contribution is -2.52. The lowest BCUT2D eigenvalue weighted by Gasteiger charge is -2.38. The number of piperidine rings is 1. The number of carbonyl (C=O) groups is 2. The molecule has 0 bridgehead atoms. The van der Waals surface area contributed by atoms with E-state index in [9.17, 15) is 18.0 Å². The number of carbonyl (C=O) groups excluding carboxylic acids is 2. The number of nitrogens with one attached hydrogen (secondary N) is 1. The average Bonchev–Trinajstić information content (AvgIpc) is 3.20. The third kappa shape index (κ3) is 5.80. The average molecular weight is 463 g/mol. The first-order chi connectivity index (χ1) is 13.8. The number of piperazine rings is 1. The highest BCUT2D eigenvalue weighted by Crippen LogP contribution is 2.29. The monoisotopic (exact) mass is 462 g/mol. The van der Waals surface area contributed by atoms with Crippen LogP contribution in [-0.2, 0) is 19.6 Å². The molecule has 13 heteroatoms. The number of aromatic nitrogens is 2. The first-order valence-electron chi connectivity index (χ1n) is 9.43. The van der Waals surface area contributed by atoms with Gasteiger partial charge in [0.1, 0.15) is 0 Å². The summed E-state index contributed by atoms with van der Waals surface area (Å²) in [6.07, 6.45) is 2.37. The summed E-state index contributed by atoms with van der Waals surface area (Å²) in [7, 11) is -1.58. The SMILES string of the molecule is CNC(=O)CSc1nnc(N2CCN(C(=O)C3CCN(S(C)(=O)=O)CC3)CC2)s1. The van der Waals surface area contributed by atoms with Gasteiger partial charge < -0.3 is 15.1 Å². The minimum atomic E-state index is -3.18. The van der Waals surface area contributed by atoms with Crippen molar-refractivity contribution < 1.29 is 18.0 Å². The van der Waals surface area contributed by atoms with Gasteiger partial charge in [-0.25, -0.2) is 12.7 Å². The number of hydrogen-bond acceptors (Lipinski definition) is 9. The first kappa shape index (κ1) is 22.2. The number of sulfonamides is 1. The normalized spacial score (nSPS) is 19.4. The summed E-state index contributed by atoms with van der Waals surface area (Å²) in [5, 5.41) is 11.7. The summed E-state index contributed by atoms with van der Waals surface area (Å²) in [6, 6.07) is 0. The molecule has 3 rings (SSSR count). The van der Waals surface area contributed by atoms with Crippen molar-refractivity contribution in [2.45, 2.75) is 17.2 Å². The van der Waals surface area contributed by atoms with Crippen molar-refractivity contribution in [3.63, 3.8) is 0 Å². The predicted octanol–water partition coefficient (Wildman–Crippen LogP) is -0.304. The second-order valence-corrected chi connectivity index (χ2v) is 11.2. The molecule has 2 amide bonds. The molecule has 1 aromatic rings. The molecule has 162 valence electrons. The molecule has 2 fully saturated rings. The van der Waals surface area contributed by atoms with E-state index in [2.05, 4.69) is 20.4 Å². The van der Waals surface area contributed by atoms with Crippen LogP contribution in [0.15, 0.2) is 4.34 Å². The van der Waals surface area contributed by atoms with Crippen LogP contribution in [0, 0.1) is 5.92 Å². The molecule has 2 aliphatic heterocycles. The maximum atomic E-state index is 12.8. The lowest BCUT2D eigenvalue weighted by molar-refractivity contribution is -0.137. The molecular weight excluding hydrogens is 436 g/mol. The highest BCUT2D eigenvalue weighted by molar-refractivity contribution is 8.01. The molecule has 0 spiro atoms. The van der Waals surface area contributed by atoms with Crippen molar-refractivity contribution in [3.8, 4) is 0 Å². The lowest BCUT2D eigenvalue weighted by atomic mass is 9.96. The molecule has 2 aliphatic rings. The highest BCUT2D eigenvalue weighted by Gasteiger charge is 2.33. The van der Waals surface area contributed by atoms with Gasteiger partial charge in [0.15, 0.2) is 4.34 Å². The van der Waals surface area contributed by atoms with Gasteiger partial charge in [0.05, 0.1) is 12.0 Å². The summed E-state index contributed by atoms with van der Waals surface area (Å²) in [6.45, 7) is 3.43.